The first-order valence-corrected chi connectivity index (χ1v) is 11.5. The standard InChI is InChI=1S/C22H28FN3O4S/c1-22(2,3)30-21(27)24(4)15-7-8-16-25-19-9-5-6-10-20(19)26(31(25,28)29)18-13-11-17(23)12-14-18/h5-6,9-14H,7-8,15-16H2,1-4H3. The summed E-state index contributed by atoms with van der Waals surface area (Å²) in [5, 5.41) is 0. The lowest BCUT2D eigenvalue weighted by Crippen LogP contribution is -2.37. The quantitative estimate of drug-likeness (QED) is 0.601. The van der Waals surface area contributed by atoms with Gasteiger partial charge in [0.05, 0.1) is 17.1 Å². The first-order valence-electron chi connectivity index (χ1n) is 10.1. The second-order valence-electron chi connectivity index (χ2n) is 8.42. The molecule has 0 saturated carbocycles. The minimum atomic E-state index is -3.85. The summed E-state index contributed by atoms with van der Waals surface area (Å²) >= 11 is 0. The molecule has 7 nitrogen and oxygen atoms in total. The fraction of sp³-hybridized carbons (Fsp3) is 0.409. The lowest BCUT2D eigenvalue weighted by Gasteiger charge is -2.25. The van der Waals surface area contributed by atoms with E-state index in [0.717, 1.165) is 0 Å². The third-order valence-electron chi connectivity index (χ3n) is 4.75. The molecule has 0 N–H and O–H groups in total. The number of halogens is 1. The van der Waals surface area contributed by atoms with Crippen LogP contribution < -0.4 is 8.61 Å². The largest absolute Gasteiger partial charge is 0.444 e. The second kappa shape index (κ2) is 8.74. The molecule has 0 saturated heterocycles. The topological polar surface area (TPSA) is 70.2 Å². The van der Waals surface area contributed by atoms with Crippen molar-refractivity contribution in [2.75, 3.05) is 28.7 Å². The third-order valence-corrected chi connectivity index (χ3v) is 6.55. The maximum absolute atomic E-state index is 13.3. The minimum absolute atomic E-state index is 0.263. The zero-order valence-corrected chi connectivity index (χ0v) is 19.0. The summed E-state index contributed by atoms with van der Waals surface area (Å²) in [6.45, 7) is 6.13. The molecule has 1 heterocycles. The number of ether oxygens (including phenoxy) is 1. The Morgan fingerprint density at radius 1 is 1.03 bits per heavy atom. The summed E-state index contributed by atoms with van der Waals surface area (Å²) in [6.07, 6.45) is 0.757. The van der Waals surface area contributed by atoms with E-state index >= 15 is 0 Å². The lowest BCUT2D eigenvalue weighted by molar-refractivity contribution is 0.0296. The molecule has 9 heteroatoms. The molecule has 168 valence electrons. The highest BCUT2D eigenvalue weighted by molar-refractivity contribution is 7.95. The number of amides is 1. The number of carbonyl (C=O) groups is 1. The molecule has 0 aromatic heterocycles. The van der Waals surface area contributed by atoms with Gasteiger partial charge in [-0.05, 0) is 70.0 Å². The van der Waals surface area contributed by atoms with Crippen molar-refractivity contribution in [2.45, 2.75) is 39.2 Å². The van der Waals surface area contributed by atoms with Gasteiger partial charge in [-0.25, -0.2) is 13.5 Å². The van der Waals surface area contributed by atoms with Gasteiger partial charge in [0.1, 0.15) is 11.4 Å². The van der Waals surface area contributed by atoms with Crippen LogP contribution in [0.5, 0.6) is 0 Å². The van der Waals surface area contributed by atoms with Crippen molar-refractivity contribution in [3.05, 3.63) is 54.3 Å². The van der Waals surface area contributed by atoms with Gasteiger partial charge >= 0.3 is 16.3 Å². The Morgan fingerprint density at radius 3 is 2.26 bits per heavy atom. The van der Waals surface area contributed by atoms with Gasteiger partial charge in [-0.3, -0.25) is 4.31 Å². The van der Waals surface area contributed by atoms with Crippen molar-refractivity contribution >= 4 is 33.4 Å². The normalized spacial score (nSPS) is 15.0. The molecule has 1 aliphatic heterocycles. The van der Waals surface area contributed by atoms with Crippen LogP contribution in [-0.2, 0) is 14.9 Å². The van der Waals surface area contributed by atoms with E-state index in [1.165, 1.54) is 37.8 Å². The van der Waals surface area contributed by atoms with E-state index in [1.54, 1.807) is 52.1 Å². The third kappa shape index (κ3) is 5.10. The van der Waals surface area contributed by atoms with Crippen molar-refractivity contribution in [1.82, 2.24) is 4.90 Å². The maximum Gasteiger partial charge on any atom is 0.410 e. The number of nitrogens with zero attached hydrogens (tertiary/aromatic N) is 3. The summed E-state index contributed by atoms with van der Waals surface area (Å²) in [5.41, 5.74) is 0.913. The fourth-order valence-corrected chi connectivity index (χ4v) is 5.07. The van der Waals surface area contributed by atoms with Crippen LogP contribution in [0.15, 0.2) is 48.5 Å². The van der Waals surface area contributed by atoms with Crippen molar-refractivity contribution in [3.8, 4) is 0 Å². The van der Waals surface area contributed by atoms with Gasteiger partial charge in [-0.2, -0.15) is 8.42 Å². The Kier molecular flexibility index (Phi) is 6.45. The monoisotopic (exact) mass is 449 g/mol. The van der Waals surface area contributed by atoms with Crippen LogP contribution in [0, 0.1) is 5.82 Å². The molecule has 0 atom stereocenters. The Balaban J connectivity index is 1.69. The van der Waals surface area contributed by atoms with Crippen LogP contribution in [0.25, 0.3) is 0 Å². The first-order chi connectivity index (χ1) is 14.5. The van der Waals surface area contributed by atoms with Crippen LogP contribution >= 0.6 is 0 Å². The molecule has 0 spiro atoms. The molecule has 3 rings (SSSR count). The molecule has 0 aliphatic carbocycles. The molecule has 1 amide bonds. The van der Waals surface area contributed by atoms with E-state index < -0.39 is 27.7 Å². The number of carbonyl (C=O) groups excluding carboxylic acids is 1. The van der Waals surface area contributed by atoms with E-state index in [4.69, 9.17) is 4.74 Å². The Labute approximate surface area is 183 Å². The van der Waals surface area contributed by atoms with Crippen LogP contribution in [0.1, 0.15) is 33.6 Å². The van der Waals surface area contributed by atoms with Crippen LogP contribution in [0.4, 0.5) is 26.2 Å². The summed E-state index contributed by atoms with van der Waals surface area (Å²) in [5.74, 6) is -0.431. The van der Waals surface area contributed by atoms with Crippen molar-refractivity contribution in [3.63, 3.8) is 0 Å². The van der Waals surface area contributed by atoms with Gasteiger partial charge in [-0.1, -0.05) is 12.1 Å². The number of benzene rings is 2. The predicted octanol–water partition coefficient (Wildman–Crippen LogP) is 4.68. The molecule has 0 fully saturated rings. The van der Waals surface area contributed by atoms with Gasteiger partial charge in [-0.15, -0.1) is 0 Å². The second-order valence-corrected chi connectivity index (χ2v) is 10.1. The molecular formula is C22H28FN3O4S. The number of hydrogen-bond donors (Lipinski definition) is 0. The Bertz CT molecular complexity index is 1040. The number of fused-ring (bicyclic) bond motifs is 1. The van der Waals surface area contributed by atoms with E-state index in [0.29, 0.717) is 36.4 Å². The molecule has 31 heavy (non-hydrogen) atoms. The number of anilines is 3. The maximum atomic E-state index is 13.3. The molecule has 1 aliphatic rings. The molecular weight excluding hydrogens is 421 g/mol. The molecule has 0 radical (unpaired) electrons. The number of rotatable bonds is 6. The molecule has 2 aromatic rings. The smallest absolute Gasteiger partial charge is 0.410 e. The van der Waals surface area contributed by atoms with Crippen molar-refractivity contribution < 1.29 is 22.3 Å². The molecule has 0 unspecified atom stereocenters. The highest BCUT2D eigenvalue weighted by atomic mass is 32.2. The van der Waals surface area contributed by atoms with E-state index in [2.05, 4.69) is 0 Å². The van der Waals surface area contributed by atoms with E-state index in [-0.39, 0.29) is 6.54 Å². The zero-order valence-electron chi connectivity index (χ0n) is 18.2. The number of hydrogen-bond acceptors (Lipinski definition) is 4. The summed E-state index contributed by atoms with van der Waals surface area (Å²) in [6, 6.07) is 12.4. The van der Waals surface area contributed by atoms with Crippen molar-refractivity contribution in [2.24, 2.45) is 0 Å². The van der Waals surface area contributed by atoms with Gasteiger partial charge in [0.15, 0.2) is 0 Å². The average molecular weight is 450 g/mol. The van der Waals surface area contributed by atoms with Crippen LogP contribution in [-0.4, -0.2) is 45.1 Å². The number of para-hydroxylation sites is 2. The lowest BCUT2D eigenvalue weighted by atomic mass is 10.2. The Morgan fingerprint density at radius 2 is 1.65 bits per heavy atom. The minimum Gasteiger partial charge on any atom is -0.444 e. The van der Waals surface area contributed by atoms with E-state index in [9.17, 15) is 17.6 Å². The number of unbranched alkanes of at least 4 members (excludes halogenated alkanes) is 1. The van der Waals surface area contributed by atoms with E-state index in [1.807, 2.05) is 0 Å². The summed E-state index contributed by atoms with van der Waals surface area (Å²) < 4.78 is 47.9. The first kappa shape index (κ1) is 22.9. The van der Waals surface area contributed by atoms with Gasteiger partial charge in [0.2, 0.25) is 0 Å². The van der Waals surface area contributed by atoms with Crippen molar-refractivity contribution in [1.29, 1.82) is 0 Å². The summed E-state index contributed by atoms with van der Waals surface area (Å²) in [4.78, 5) is 13.6. The highest BCUT2D eigenvalue weighted by Gasteiger charge is 2.40. The highest BCUT2D eigenvalue weighted by Crippen LogP contribution is 2.45. The predicted molar refractivity (Wildman–Crippen MR) is 119 cm³/mol. The molecule has 2 aromatic carbocycles. The Hall–Kier alpha value is -2.81. The van der Waals surface area contributed by atoms with Crippen LogP contribution in [0.3, 0.4) is 0 Å². The van der Waals surface area contributed by atoms with Gasteiger partial charge in [0.25, 0.3) is 0 Å². The average Bonchev–Trinajstić information content (AvgIpc) is 2.90. The fourth-order valence-electron chi connectivity index (χ4n) is 3.31. The van der Waals surface area contributed by atoms with Gasteiger partial charge in [0, 0.05) is 20.1 Å². The SMILES string of the molecule is CN(CCCCN1c2ccccc2N(c2ccc(F)cc2)S1(=O)=O)C(=O)OC(C)(C)C. The van der Waals surface area contributed by atoms with Crippen LogP contribution in [0.2, 0.25) is 0 Å². The summed E-state index contributed by atoms with van der Waals surface area (Å²) in [7, 11) is -2.20. The van der Waals surface area contributed by atoms with Gasteiger partial charge < -0.3 is 9.64 Å². The molecule has 0 bridgehead atoms. The zero-order chi connectivity index (χ0) is 22.8.